The van der Waals surface area contributed by atoms with Gasteiger partial charge in [-0.05, 0) is 6.92 Å². The van der Waals surface area contributed by atoms with Crippen LogP contribution in [-0.2, 0) is 0 Å². The van der Waals surface area contributed by atoms with Crippen molar-refractivity contribution in [1.29, 1.82) is 0 Å². The minimum absolute atomic E-state index is 0.348. The van der Waals surface area contributed by atoms with Crippen LogP contribution >= 0.6 is 11.3 Å². The van der Waals surface area contributed by atoms with E-state index in [1.807, 2.05) is 6.92 Å². The number of primary amides is 1. The number of aromatic nitrogens is 1. The van der Waals surface area contributed by atoms with Crippen LogP contribution in [0.3, 0.4) is 0 Å². The summed E-state index contributed by atoms with van der Waals surface area (Å²) in [4.78, 5) is 14.4. The van der Waals surface area contributed by atoms with Crippen LogP contribution in [0.2, 0.25) is 0 Å². The van der Waals surface area contributed by atoms with Gasteiger partial charge in [-0.2, -0.15) is 0 Å². The molecule has 4 nitrogen and oxygen atoms in total. The van der Waals surface area contributed by atoms with Gasteiger partial charge in [0.25, 0.3) is 5.91 Å². The van der Waals surface area contributed by atoms with E-state index < -0.39 is 5.91 Å². The van der Waals surface area contributed by atoms with E-state index in [4.69, 9.17) is 5.73 Å². The van der Waals surface area contributed by atoms with Gasteiger partial charge in [0.15, 0.2) is 5.01 Å². The Morgan fingerprint density at radius 3 is 3.09 bits per heavy atom. The second-order valence-electron chi connectivity index (χ2n) is 1.92. The van der Waals surface area contributed by atoms with Crippen molar-refractivity contribution in [3.8, 4) is 0 Å². The molecule has 0 fully saturated rings. The van der Waals surface area contributed by atoms with Crippen molar-refractivity contribution in [3.63, 3.8) is 0 Å². The SMILES string of the molecule is CCNc1cnc(C(N)=O)s1. The first kappa shape index (κ1) is 8.00. The molecule has 0 saturated carbocycles. The average molecular weight is 171 g/mol. The highest BCUT2D eigenvalue weighted by Gasteiger charge is 2.05. The Hall–Kier alpha value is -1.10. The van der Waals surface area contributed by atoms with Crippen molar-refractivity contribution < 1.29 is 4.79 Å². The lowest BCUT2D eigenvalue weighted by Crippen LogP contribution is -2.09. The first-order chi connectivity index (χ1) is 5.24. The molecule has 5 heteroatoms. The van der Waals surface area contributed by atoms with Crippen LogP contribution in [-0.4, -0.2) is 17.4 Å². The summed E-state index contributed by atoms with van der Waals surface area (Å²) in [5, 5.41) is 4.26. The molecule has 0 atom stereocenters. The Morgan fingerprint density at radius 1 is 1.91 bits per heavy atom. The van der Waals surface area contributed by atoms with E-state index in [1.165, 1.54) is 11.3 Å². The first-order valence-corrected chi connectivity index (χ1v) is 4.05. The van der Waals surface area contributed by atoms with E-state index in [-0.39, 0.29) is 0 Å². The fourth-order valence-electron chi connectivity index (χ4n) is 0.644. The second-order valence-corrected chi connectivity index (χ2v) is 2.95. The highest BCUT2D eigenvalue weighted by atomic mass is 32.1. The zero-order valence-electron chi connectivity index (χ0n) is 6.13. The van der Waals surface area contributed by atoms with Gasteiger partial charge >= 0.3 is 0 Å². The van der Waals surface area contributed by atoms with E-state index in [9.17, 15) is 4.79 Å². The number of rotatable bonds is 3. The lowest BCUT2D eigenvalue weighted by molar-refractivity contribution is 0.1000. The van der Waals surface area contributed by atoms with E-state index in [1.54, 1.807) is 6.20 Å². The maximum absolute atomic E-state index is 10.6. The summed E-state index contributed by atoms with van der Waals surface area (Å²) in [7, 11) is 0. The Kier molecular flexibility index (Phi) is 2.43. The molecule has 11 heavy (non-hydrogen) atoms. The van der Waals surface area contributed by atoms with Gasteiger partial charge in [0.2, 0.25) is 0 Å². The third-order valence-corrected chi connectivity index (χ3v) is 2.04. The van der Waals surface area contributed by atoms with Crippen molar-refractivity contribution in [2.24, 2.45) is 5.73 Å². The van der Waals surface area contributed by atoms with E-state index >= 15 is 0 Å². The topological polar surface area (TPSA) is 68.0 Å². The molecular formula is C6H9N3OS. The molecule has 1 aromatic rings. The molecule has 0 bridgehead atoms. The molecule has 0 aliphatic heterocycles. The van der Waals surface area contributed by atoms with Gasteiger partial charge in [-0.1, -0.05) is 11.3 Å². The predicted molar refractivity (Wildman–Crippen MR) is 44.8 cm³/mol. The van der Waals surface area contributed by atoms with Crippen LogP contribution in [0, 0.1) is 0 Å². The van der Waals surface area contributed by atoms with Crippen LogP contribution < -0.4 is 11.1 Å². The molecule has 0 aliphatic rings. The van der Waals surface area contributed by atoms with Gasteiger partial charge in [0.1, 0.15) is 5.00 Å². The molecule has 0 aromatic carbocycles. The van der Waals surface area contributed by atoms with Crippen LogP contribution in [0.15, 0.2) is 6.20 Å². The number of thiazole rings is 1. The highest BCUT2D eigenvalue weighted by Crippen LogP contribution is 2.17. The second kappa shape index (κ2) is 3.34. The van der Waals surface area contributed by atoms with Crippen molar-refractivity contribution in [1.82, 2.24) is 4.98 Å². The summed E-state index contributed by atoms with van der Waals surface area (Å²) in [6.07, 6.45) is 1.61. The van der Waals surface area contributed by atoms with Gasteiger partial charge in [0.05, 0.1) is 6.20 Å². The van der Waals surface area contributed by atoms with Crippen molar-refractivity contribution in [3.05, 3.63) is 11.2 Å². The standard InChI is InChI=1S/C6H9N3OS/c1-2-8-4-3-9-6(11-4)5(7)10/h3,8H,2H2,1H3,(H2,7,10). The lowest BCUT2D eigenvalue weighted by atomic mass is 10.7. The first-order valence-electron chi connectivity index (χ1n) is 3.23. The molecule has 1 amide bonds. The van der Waals surface area contributed by atoms with Crippen LogP contribution in [0.1, 0.15) is 16.7 Å². The quantitative estimate of drug-likeness (QED) is 0.702. The van der Waals surface area contributed by atoms with Gasteiger partial charge < -0.3 is 11.1 Å². The van der Waals surface area contributed by atoms with Gasteiger partial charge in [-0.3, -0.25) is 4.79 Å². The Morgan fingerprint density at radius 2 is 2.64 bits per heavy atom. The average Bonchev–Trinajstić information content (AvgIpc) is 2.37. The van der Waals surface area contributed by atoms with Crippen molar-refractivity contribution in [2.45, 2.75) is 6.92 Å². The Balaban J connectivity index is 2.73. The number of amides is 1. The third-order valence-electron chi connectivity index (χ3n) is 1.07. The number of anilines is 1. The largest absolute Gasteiger partial charge is 0.376 e. The molecule has 0 radical (unpaired) electrons. The maximum Gasteiger partial charge on any atom is 0.277 e. The molecule has 0 spiro atoms. The van der Waals surface area contributed by atoms with Crippen LogP contribution in [0.25, 0.3) is 0 Å². The van der Waals surface area contributed by atoms with Gasteiger partial charge in [0, 0.05) is 6.54 Å². The smallest absolute Gasteiger partial charge is 0.277 e. The minimum Gasteiger partial charge on any atom is -0.376 e. The number of carbonyl (C=O) groups excluding carboxylic acids is 1. The monoisotopic (exact) mass is 171 g/mol. The maximum atomic E-state index is 10.6. The number of hydrogen-bond donors (Lipinski definition) is 2. The van der Waals surface area contributed by atoms with Crippen molar-refractivity contribution >= 4 is 22.2 Å². The number of nitrogens with zero attached hydrogens (tertiary/aromatic N) is 1. The summed E-state index contributed by atoms with van der Waals surface area (Å²) in [6.45, 7) is 2.80. The van der Waals surface area contributed by atoms with Gasteiger partial charge in [-0.25, -0.2) is 4.98 Å². The summed E-state index contributed by atoms with van der Waals surface area (Å²) in [5.74, 6) is -0.473. The van der Waals surface area contributed by atoms with Gasteiger partial charge in [-0.15, -0.1) is 0 Å². The molecule has 1 heterocycles. The van der Waals surface area contributed by atoms with E-state index in [0.717, 1.165) is 11.5 Å². The fraction of sp³-hybridized carbons (Fsp3) is 0.333. The molecule has 1 aromatic heterocycles. The summed E-state index contributed by atoms with van der Waals surface area (Å²) in [6, 6.07) is 0. The fourth-order valence-corrected chi connectivity index (χ4v) is 1.38. The minimum atomic E-state index is -0.473. The molecule has 0 saturated heterocycles. The summed E-state index contributed by atoms with van der Waals surface area (Å²) >= 11 is 1.27. The zero-order valence-corrected chi connectivity index (χ0v) is 6.94. The molecule has 3 N–H and O–H groups in total. The molecule has 0 aliphatic carbocycles. The Bertz CT molecular complexity index is 258. The molecule has 0 unspecified atom stereocenters. The normalized spacial score (nSPS) is 9.55. The predicted octanol–water partition coefficient (Wildman–Crippen LogP) is 0.674. The number of nitrogens with two attached hydrogens (primary N) is 1. The Labute approximate surface area is 68.4 Å². The molecule has 1 rings (SSSR count). The van der Waals surface area contributed by atoms with E-state index in [0.29, 0.717) is 5.01 Å². The molecular weight excluding hydrogens is 162 g/mol. The third kappa shape index (κ3) is 1.91. The van der Waals surface area contributed by atoms with Crippen molar-refractivity contribution in [2.75, 3.05) is 11.9 Å². The molecule has 60 valence electrons. The summed E-state index contributed by atoms with van der Waals surface area (Å²) < 4.78 is 0. The van der Waals surface area contributed by atoms with Crippen LogP contribution in [0.4, 0.5) is 5.00 Å². The number of hydrogen-bond acceptors (Lipinski definition) is 4. The summed E-state index contributed by atoms with van der Waals surface area (Å²) in [5.41, 5.74) is 5.00. The van der Waals surface area contributed by atoms with E-state index in [2.05, 4.69) is 10.3 Å². The highest BCUT2D eigenvalue weighted by molar-refractivity contribution is 7.17. The number of carbonyl (C=O) groups is 1. The lowest BCUT2D eigenvalue weighted by Gasteiger charge is -1.92. The number of nitrogens with one attached hydrogen (secondary N) is 1. The zero-order chi connectivity index (χ0) is 8.27. The van der Waals surface area contributed by atoms with Crippen LogP contribution in [0.5, 0.6) is 0 Å².